The molecule has 0 saturated carbocycles. The molecule has 0 atom stereocenters. The zero-order valence-corrected chi connectivity index (χ0v) is 3.87. The Bertz CT molecular complexity index is 45.3. The zero-order chi connectivity index (χ0) is 5.86. The Morgan fingerprint density at radius 1 is 1.86 bits per heavy atom. The fourth-order valence-corrected chi connectivity index (χ4v) is 0.0964. The molecule has 0 aromatic heterocycles. The molecule has 0 spiro atoms. The summed E-state index contributed by atoms with van der Waals surface area (Å²) >= 11 is 0. The molecule has 7 heavy (non-hydrogen) atoms. The third-order valence-corrected chi connectivity index (χ3v) is 0.372. The molecule has 44 valence electrons. The van der Waals surface area contributed by atoms with Crippen LogP contribution in [0.3, 0.4) is 0 Å². The van der Waals surface area contributed by atoms with Crippen LogP contribution in [0, 0.1) is 0 Å². The molecule has 6 nitrogen and oxygen atoms in total. The number of rotatable bonds is 2. The lowest BCUT2D eigenvalue weighted by Crippen LogP contribution is -2.36. The third kappa shape index (κ3) is 2.45. The van der Waals surface area contributed by atoms with E-state index >= 15 is 0 Å². The highest BCUT2D eigenvalue weighted by molar-refractivity contribution is 4.52. The number of hydrogen-bond donors (Lipinski definition) is 2. The maximum absolute atomic E-state index is 8.22. The van der Waals surface area contributed by atoms with Gasteiger partial charge in [-0.2, -0.15) is 0 Å². The van der Waals surface area contributed by atoms with Gasteiger partial charge in [0, 0.05) is 0 Å². The largest absolute Gasteiger partial charge is 0.579 e. The van der Waals surface area contributed by atoms with Gasteiger partial charge < -0.3 is 16.5 Å². The van der Waals surface area contributed by atoms with Gasteiger partial charge in [-0.3, -0.25) is 11.1 Å². The van der Waals surface area contributed by atoms with E-state index in [-0.39, 0.29) is 10.5 Å². The van der Waals surface area contributed by atoms with E-state index in [0.717, 1.165) is 0 Å². The molecule has 0 aliphatic heterocycles. The van der Waals surface area contributed by atoms with Crippen molar-refractivity contribution in [1.29, 1.82) is 0 Å². The lowest BCUT2D eigenvalue weighted by Gasteiger charge is -2.38. The predicted molar refractivity (Wildman–Crippen MR) is 23.3 cm³/mol. The molecule has 0 amide bonds. The molecule has 6 heteroatoms. The molecule has 0 radical (unpaired) electrons. The van der Waals surface area contributed by atoms with Crippen LogP contribution in [-0.2, 0) is 0 Å². The van der Waals surface area contributed by atoms with Crippen LogP contribution in [0.2, 0.25) is 0 Å². The van der Waals surface area contributed by atoms with Crippen LogP contribution in [0.15, 0.2) is 0 Å². The highest BCUT2D eigenvalue weighted by Crippen LogP contribution is 1.88. The van der Waals surface area contributed by atoms with Crippen molar-refractivity contribution in [2.75, 3.05) is 7.05 Å². The van der Waals surface area contributed by atoms with Crippen LogP contribution < -0.4 is 5.84 Å². The summed E-state index contributed by atoms with van der Waals surface area (Å²) < 4.78 is 0. The van der Waals surface area contributed by atoms with E-state index < -0.39 is 0 Å². The number of nitrogens with one attached hydrogen (secondary N) is 1. The second-order valence-electron chi connectivity index (χ2n) is 0.813. The molecular weight excluding hydrogens is 98.0 g/mol. The molecule has 0 saturated heterocycles. The van der Waals surface area contributed by atoms with Gasteiger partial charge in [0.15, 0.2) is 0 Å². The highest BCUT2D eigenvalue weighted by Gasteiger charge is 1.75. The van der Waals surface area contributed by atoms with Crippen molar-refractivity contribution >= 4 is 0 Å². The van der Waals surface area contributed by atoms with Crippen molar-refractivity contribution in [3.63, 3.8) is 0 Å². The minimum atomic E-state index is 0.194. The lowest BCUT2D eigenvalue weighted by atomic mass is 11.5. The number of hydrogen-bond acceptors (Lipinski definition) is 4. The van der Waals surface area contributed by atoms with Gasteiger partial charge in [-0.15, -0.1) is 7.05 Å². The standard InChI is InChI=1S/CH7N5O/c1-4-6(7)5(2)3/h2,7H,3H2,1H3/q-2. The normalized spacial score (nSPS) is 11.1. The van der Waals surface area contributed by atoms with Crippen molar-refractivity contribution in [3.8, 4) is 0 Å². The fraction of sp³-hybridized carbons (Fsp3) is 1.00. The van der Waals surface area contributed by atoms with E-state index in [4.69, 9.17) is 11.0 Å². The summed E-state index contributed by atoms with van der Waals surface area (Å²) in [5, 5.41) is 8.60. The van der Waals surface area contributed by atoms with Gasteiger partial charge >= 0.3 is 0 Å². The van der Waals surface area contributed by atoms with Gasteiger partial charge in [0.1, 0.15) is 0 Å². The summed E-state index contributed by atoms with van der Waals surface area (Å²) in [6, 6.07) is 0. The SMILES string of the molecule is C[N-]N(O)N([NH-])N. The quantitative estimate of drug-likeness (QED) is 0.371. The van der Waals surface area contributed by atoms with Crippen molar-refractivity contribution in [2.24, 2.45) is 5.84 Å². The van der Waals surface area contributed by atoms with Crippen LogP contribution in [0.4, 0.5) is 0 Å². The van der Waals surface area contributed by atoms with Gasteiger partial charge in [-0.25, -0.2) is 5.28 Å². The van der Waals surface area contributed by atoms with Crippen molar-refractivity contribution < 1.29 is 5.21 Å². The Balaban J connectivity index is 3.14. The first kappa shape index (κ1) is 6.76. The maximum atomic E-state index is 8.22. The first-order valence-corrected chi connectivity index (χ1v) is 1.53. The average Bonchev–Trinajstić information content (AvgIpc) is 1.65. The molecule has 0 rings (SSSR count). The maximum Gasteiger partial charge on any atom is -0.149 e. The first-order chi connectivity index (χ1) is 3.18. The first-order valence-electron chi connectivity index (χ1n) is 1.53. The molecule has 0 aromatic rings. The van der Waals surface area contributed by atoms with E-state index in [1.54, 1.807) is 0 Å². The predicted octanol–water partition coefficient (Wildman–Crippen LogP) is -0.346. The van der Waals surface area contributed by atoms with Crippen molar-refractivity contribution in [2.45, 2.75) is 0 Å². The van der Waals surface area contributed by atoms with Crippen LogP contribution in [0.5, 0.6) is 0 Å². The van der Waals surface area contributed by atoms with Gasteiger partial charge in [-0.05, 0) is 0 Å². The van der Waals surface area contributed by atoms with Gasteiger partial charge in [0.05, 0.1) is 0 Å². The van der Waals surface area contributed by atoms with E-state index in [0.29, 0.717) is 0 Å². The van der Waals surface area contributed by atoms with Crippen molar-refractivity contribution in [3.05, 3.63) is 11.3 Å². The Hall–Kier alpha value is -0.240. The Morgan fingerprint density at radius 2 is 2.29 bits per heavy atom. The Labute approximate surface area is 41.1 Å². The minimum absolute atomic E-state index is 0.194. The van der Waals surface area contributed by atoms with Gasteiger partial charge in [-0.1, -0.05) is 0 Å². The smallest absolute Gasteiger partial charge is 0.149 e. The minimum Gasteiger partial charge on any atom is -0.579 e. The van der Waals surface area contributed by atoms with Crippen molar-refractivity contribution in [1.82, 2.24) is 10.5 Å². The van der Waals surface area contributed by atoms with Gasteiger partial charge in [0.2, 0.25) is 0 Å². The highest BCUT2D eigenvalue weighted by atomic mass is 16.6. The summed E-state index contributed by atoms with van der Waals surface area (Å²) in [5.74, 6) is 11.0. The molecule has 0 aliphatic rings. The topological polar surface area (TPSA) is 90.6 Å². The van der Waals surface area contributed by atoms with E-state index in [9.17, 15) is 0 Å². The van der Waals surface area contributed by atoms with E-state index in [1.165, 1.54) is 7.05 Å². The molecule has 0 fully saturated rings. The lowest BCUT2D eigenvalue weighted by molar-refractivity contribution is -0.195. The Morgan fingerprint density at radius 3 is 2.29 bits per heavy atom. The van der Waals surface area contributed by atoms with Crippen LogP contribution in [-0.4, -0.2) is 22.8 Å². The summed E-state index contributed by atoms with van der Waals surface area (Å²) in [6.07, 6.45) is 0. The van der Waals surface area contributed by atoms with Crippen LogP contribution >= 0.6 is 0 Å². The monoisotopic (exact) mass is 105 g/mol. The summed E-state index contributed by atoms with van der Waals surface area (Å²) in [4.78, 5) is 0. The second-order valence-corrected chi connectivity index (χ2v) is 0.813. The molecule has 0 aliphatic carbocycles. The molecule has 0 bridgehead atoms. The summed E-state index contributed by atoms with van der Waals surface area (Å²) in [5.41, 5.74) is 3.09. The fourth-order valence-electron chi connectivity index (χ4n) is 0.0964. The number of nitrogens with zero attached hydrogens (tertiary/aromatic N) is 3. The number of nitrogens with two attached hydrogens (primary N) is 1. The second kappa shape index (κ2) is 2.86. The van der Waals surface area contributed by atoms with Gasteiger partial charge in [0.25, 0.3) is 0 Å². The summed E-state index contributed by atoms with van der Waals surface area (Å²) in [7, 11) is 1.30. The summed E-state index contributed by atoms with van der Waals surface area (Å²) in [6.45, 7) is 0. The molecule has 0 aromatic carbocycles. The third-order valence-electron chi connectivity index (χ3n) is 0.372. The van der Waals surface area contributed by atoms with Crippen LogP contribution in [0.25, 0.3) is 11.3 Å². The molecule has 4 N–H and O–H groups in total. The van der Waals surface area contributed by atoms with E-state index in [2.05, 4.69) is 11.3 Å². The van der Waals surface area contributed by atoms with E-state index in [1.807, 2.05) is 0 Å². The van der Waals surface area contributed by atoms with Crippen LogP contribution in [0.1, 0.15) is 0 Å². The zero-order valence-electron chi connectivity index (χ0n) is 3.87. The molecule has 0 unspecified atom stereocenters. The molecule has 0 heterocycles. The average molecular weight is 105 g/mol. The number of hydrazine groups is 2. The molecular formula is CH7N5O-2. The Kier molecular flexibility index (Phi) is 2.76.